The molecule has 3 nitrogen and oxygen atoms in total. The van der Waals surface area contributed by atoms with E-state index in [-0.39, 0.29) is 6.04 Å². The molecule has 4 heteroatoms. The molecule has 0 spiro atoms. The maximum Gasteiger partial charge on any atom is 0.0307 e. The van der Waals surface area contributed by atoms with E-state index in [1.165, 1.54) is 24.9 Å². The van der Waals surface area contributed by atoms with Crippen molar-refractivity contribution in [2.75, 3.05) is 33.7 Å². The molecule has 0 amide bonds. The highest BCUT2D eigenvalue weighted by atomic mass is 79.9. The van der Waals surface area contributed by atoms with Crippen LogP contribution in [0.25, 0.3) is 0 Å². The first-order valence-electron chi connectivity index (χ1n) is 7.46. The predicted molar refractivity (Wildman–Crippen MR) is 88.8 cm³/mol. The van der Waals surface area contributed by atoms with E-state index in [4.69, 9.17) is 5.73 Å². The average molecular weight is 340 g/mol. The maximum atomic E-state index is 6.29. The van der Waals surface area contributed by atoms with Crippen LogP contribution < -0.4 is 5.73 Å². The number of nitrogens with two attached hydrogens (primary N) is 1. The van der Waals surface area contributed by atoms with Crippen molar-refractivity contribution >= 4 is 15.9 Å². The van der Waals surface area contributed by atoms with Crippen molar-refractivity contribution < 1.29 is 0 Å². The predicted octanol–water partition coefficient (Wildman–Crippen LogP) is 2.87. The fourth-order valence-electron chi connectivity index (χ4n) is 2.92. The van der Waals surface area contributed by atoms with Gasteiger partial charge in [-0.15, -0.1) is 0 Å². The topological polar surface area (TPSA) is 32.5 Å². The molecular weight excluding hydrogens is 314 g/mol. The minimum Gasteiger partial charge on any atom is -0.324 e. The van der Waals surface area contributed by atoms with Crippen LogP contribution in [0.4, 0.5) is 0 Å². The Labute approximate surface area is 131 Å². The summed E-state index contributed by atoms with van der Waals surface area (Å²) in [6.45, 7) is 3.45. The second kappa shape index (κ2) is 7.55. The van der Waals surface area contributed by atoms with Gasteiger partial charge in [0, 0.05) is 23.1 Å². The minimum atomic E-state index is 0.122. The van der Waals surface area contributed by atoms with Crippen molar-refractivity contribution in [3.63, 3.8) is 0 Å². The van der Waals surface area contributed by atoms with Gasteiger partial charge in [-0.1, -0.05) is 28.1 Å². The van der Waals surface area contributed by atoms with Crippen molar-refractivity contribution in [1.82, 2.24) is 9.80 Å². The molecule has 1 heterocycles. The van der Waals surface area contributed by atoms with Gasteiger partial charge >= 0.3 is 0 Å². The molecule has 2 N–H and O–H groups in total. The molecular formula is C16H26BrN3. The van der Waals surface area contributed by atoms with E-state index in [9.17, 15) is 0 Å². The van der Waals surface area contributed by atoms with E-state index >= 15 is 0 Å². The van der Waals surface area contributed by atoms with E-state index in [2.05, 4.69) is 58.0 Å². The molecule has 0 bridgehead atoms. The highest BCUT2D eigenvalue weighted by molar-refractivity contribution is 9.10. The van der Waals surface area contributed by atoms with Gasteiger partial charge in [0.25, 0.3) is 0 Å². The van der Waals surface area contributed by atoms with E-state index in [0.29, 0.717) is 0 Å². The molecule has 1 aromatic carbocycles. The Morgan fingerprint density at radius 2 is 2.30 bits per heavy atom. The van der Waals surface area contributed by atoms with Crippen LogP contribution in [0, 0.1) is 0 Å². The third kappa shape index (κ3) is 4.55. The maximum absolute atomic E-state index is 6.29. The molecule has 112 valence electrons. The Morgan fingerprint density at radius 1 is 1.50 bits per heavy atom. The number of likely N-dealkylation sites (tertiary alicyclic amines) is 1. The second-order valence-electron chi connectivity index (χ2n) is 5.99. The smallest absolute Gasteiger partial charge is 0.0307 e. The lowest BCUT2D eigenvalue weighted by atomic mass is 10.0. The molecule has 2 unspecified atom stereocenters. The molecule has 0 radical (unpaired) electrons. The third-order valence-corrected chi connectivity index (χ3v) is 4.79. The molecule has 1 saturated heterocycles. The summed E-state index contributed by atoms with van der Waals surface area (Å²) < 4.78 is 1.10. The zero-order valence-electron chi connectivity index (χ0n) is 12.6. The van der Waals surface area contributed by atoms with Crippen molar-refractivity contribution in [3.8, 4) is 0 Å². The number of hydrogen-bond acceptors (Lipinski definition) is 3. The van der Waals surface area contributed by atoms with E-state index in [0.717, 1.165) is 30.0 Å². The SMILES string of the molecule is CN(CCC(N)c1cccc(Br)c1)CC1CCCN1C. The van der Waals surface area contributed by atoms with E-state index in [1.54, 1.807) is 0 Å². The Kier molecular flexibility index (Phi) is 6.02. The highest BCUT2D eigenvalue weighted by Crippen LogP contribution is 2.20. The Hall–Kier alpha value is -0.420. The fourth-order valence-corrected chi connectivity index (χ4v) is 3.34. The van der Waals surface area contributed by atoms with E-state index in [1.807, 2.05) is 6.07 Å². The number of nitrogens with zero attached hydrogens (tertiary/aromatic N) is 2. The monoisotopic (exact) mass is 339 g/mol. The van der Waals surface area contributed by atoms with Gasteiger partial charge < -0.3 is 15.5 Å². The Balaban J connectivity index is 1.76. The Morgan fingerprint density at radius 3 is 2.95 bits per heavy atom. The molecule has 0 aromatic heterocycles. The lowest BCUT2D eigenvalue weighted by Gasteiger charge is -2.26. The lowest BCUT2D eigenvalue weighted by molar-refractivity contribution is 0.216. The van der Waals surface area contributed by atoms with Crippen LogP contribution in [0.3, 0.4) is 0 Å². The van der Waals surface area contributed by atoms with Crippen LogP contribution in [-0.2, 0) is 0 Å². The zero-order chi connectivity index (χ0) is 14.5. The molecule has 2 atom stereocenters. The molecule has 1 fully saturated rings. The summed E-state index contributed by atoms with van der Waals surface area (Å²) in [5.41, 5.74) is 7.50. The second-order valence-corrected chi connectivity index (χ2v) is 6.90. The van der Waals surface area contributed by atoms with Gasteiger partial charge in [-0.3, -0.25) is 0 Å². The number of benzene rings is 1. The first-order chi connectivity index (χ1) is 9.56. The summed E-state index contributed by atoms with van der Waals surface area (Å²) in [7, 11) is 4.44. The number of halogens is 1. The number of likely N-dealkylation sites (N-methyl/N-ethyl adjacent to an activating group) is 2. The molecule has 1 aromatic rings. The van der Waals surface area contributed by atoms with Crippen LogP contribution in [0.15, 0.2) is 28.7 Å². The average Bonchev–Trinajstić information content (AvgIpc) is 2.81. The molecule has 20 heavy (non-hydrogen) atoms. The molecule has 0 aliphatic carbocycles. The summed E-state index contributed by atoms with van der Waals surface area (Å²) in [6, 6.07) is 9.17. The van der Waals surface area contributed by atoms with Gasteiger partial charge in [0.1, 0.15) is 0 Å². The highest BCUT2D eigenvalue weighted by Gasteiger charge is 2.22. The molecule has 0 saturated carbocycles. The van der Waals surface area contributed by atoms with E-state index < -0.39 is 0 Å². The number of hydrogen-bond donors (Lipinski definition) is 1. The standard InChI is InChI=1S/C16H26BrN3/c1-19(12-15-7-4-9-20(15)2)10-8-16(18)13-5-3-6-14(17)11-13/h3,5-6,11,15-16H,4,7-10,12,18H2,1-2H3. The minimum absolute atomic E-state index is 0.122. The molecule has 1 aliphatic heterocycles. The summed E-state index contributed by atoms with van der Waals surface area (Å²) in [4.78, 5) is 4.90. The van der Waals surface area contributed by atoms with Crippen LogP contribution in [0.2, 0.25) is 0 Å². The summed E-state index contributed by atoms with van der Waals surface area (Å²) in [5.74, 6) is 0. The van der Waals surface area contributed by atoms with Crippen LogP contribution in [-0.4, -0.2) is 49.6 Å². The van der Waals surface area contributed by atoms with Gasteiger partial charge in [-0.25, -0.2) is 0 Å². The normalized spacial score (nSPS) is 21.6. The molecule has 1 aliphatic rings. The van der Waals surface area contributed by atoms with Gasteiger partial charge in [0.05, 0.1) is 0 Å². The van der Waals surface area contributed by atoms with Gasteiger partial charge in [-0.05, 0) is 64.1 Å². The Bertz CT molecular complexity index is 424. The first kappa shape index (κ1) is 16.0. The first-order valence-corrected chi connectivity index (χ1v) is 8.25. The van der Waals surface area contributed by atoms with Crippen molar-refractivity contribution in [3.05, 3.63) is 34.3 Å². The van der Waals surface area contributed by atoms with Crippen LogP contribution >= 0.6 is 15.9 Å². The van der Waals surface area contributed by atoms with Crippen molar-refractivity contribution in [1.29, 1.82) is 0 Å². The third-order valence-electron chi connectivity index (χ3n) is 4.29. The van der Waals surface area contributed by atoms with Gasteiger partial charge in [0.15, 0.2) is 0 Å². The van der Waals surface area contributed by atoms with Crippen molar-refractivity contribution in [2.24, 2.45) is 5.73 Å². The van der Waals surface area contributed by atoms with Gasteiger partial charge in [0.2, 0.25) is 0 Å². The largest absolute Gasteiger partial charge is 0.324 e. The lowest BCUT2D eigenvalue weighted by Crippen LogP contribution is -2.37. The fraction of sp³-hybridized carbons (Fsp3) is 0.625. The zero-order valence-corrected chi connectivity index (χ0v) is 14.1. The molecule has 2 rings (SSSR count). The summed E-state index contributed by atoms with van der Waals surface area (Å²) >= 11 is 3.50. The summed E-state index contributed by atoms with van der Waals surface area (Å²) in [6.07, 6.45) is 3.68. The van der Waals surface area contributed by atoms with Crippen molar-refractivity contribution in [2.45, 2.75) is 31.3 Å². The quantitative estimate of drug-likeness (QED) is 0.864. The summed E-state index contributed by atoms with van der Waals surface area (Å²) in [5, 5.41) is 0. The number of rotatable bonds is 6. The van der Waals surface area contributed by atoms with Crippen LogP contribution in [0.5, 0.6) is 0 Å². The van der Waals surface area contributed by atoms with Crippen LogP contribution in [0.1, 0.15) is 30.9 Å². The van der Waals surface area contributed by atoms with Gasteiger partial charge in [-0.2, -0.15) is 0 Å².